The van der Waals surface area contributed by atoms with Crippen molar-refractivity contribution in [3.05, 3.63) is 23.3 Å². The Morgan fingerprint density at radius 2 is 2.06 bits per heavy atom. The molecule has 0 bridgehead atoms. The molecule has 0 amide bonds. The van der Waals surface area contributed by atoms with Crippen molar-refractivity contribution < 1.29 is 9.50 Å². The van der Waals surface area contributed by atoms with E-state index in [1.807, 2.05) is 21.0 Å². The Bertz CT molecular complexity index is 389. The standard InChI is InChI=1S/C12H17FN2O/c1-4-9-6-12(16)10(7-13)5-11(9)14-8-15(2)3/h5-6,8,16H,4,7H2,1-3H3. The number of alkyl halides is 1. The molecule has 0 saturated heterocycles. The summed E-state index contributed by atoms with van der Waals surface area (Å²) in [6.07, 6.45) is 2.41. The largest absolute Gasteiger partial charge is 0.508 e. The highest BCUT2D eigenvalue weighted by Gasteiger charge is 2.07. The van der Waals surface area contributed by atoms with Gasteiger partial charge in [0.15, 0.2) is 0 Å². The predicted octanol–water partition coefficient (Wildman–Crippen LogP) is 2.65. The molecule has 0 aliphatic carbocycles. The number of hydrogen-bond donors (Lipinski definition) is 1. The van der Waals surface area contributed by atoms with Gasteiger partial charge in [-0.1, -0.05) is 6.92 Å². The number of hydrogen-bond acceptors (Lipinski definition) is 2. The van der Waals surface area contributed by atoms with Crippen molar-refractivity contribution in [2.75, 3.05) is 14.1 Å². The second kappa shape index (κ2) is 5.49. The molecule has 0 aromatic heterocycles. The van der Waals surface area contributed by atoms with Gasteiger partial charge >= 0.3 is 0 Å². The van der Waals surface area contributed by atoms with Crippen LogP contribution in [0.4, 0.5) is 10.1 Å². The van der Waals surface area contributed by atoms with Crippen molar-refractivity contribution in [3.63, 3.8) is 0 Å². The fraction of sp³-hybridized carbons (Fsp3) is 0.417. The summed E-state index contributed by atoms with van der Waals surface area (Å²) in [6.45, 7) is 1.29. The van der Waals surface area contributed by atoms with E-state index < -0.39 is 6.67 Å². The van der Waals surface area contributed by atoms with Crippen LogP contribution in [0.25, 0.3) is 0 Å². The lowest BCUT2D eigenvalue weighted by Crippen LogP contribution is -2.07. The van der Waals surface area contributed by atoms with Crippen molar-refractivity contribution in [2.24, 2.45) is 4.99 Å². The number of benzene rings is 1. The Balaban J connectivity index is 3.14. The summed E-state index contributed by atoms with van der Waals surface area (Å²) in [5.41, 5.74) is 1.90. The van der Waals surface area contributed by atoms with Crippen LogP contribution in [0.1, 0.15) is 18.1 Å². The van der Waals surface area contributed by atoms with Gasteiger partial charge in [0, 0.05) is 19.7 Å². The maximum absolute atomic E-state index is 12.6. The van der Waals surface area contributed by atoms with E-state index in [-0.39, 0.29) is 11.3 Å². The highest BCUT2D eigenvalue weighted by Crippen LogP contribution is 2.29. The lowest BCUT2D eigenvalue weighted by molar-refractivity contribution is 0.432. The van der Waals surface area contributed by atoms with E-state index in [1.165, 1.54) is 0 Å². The highest BCUT2D eigenvalue weighted by atomic mass is 19.1. The molecule has 0 atom stereocenters. The van der Waals surface area contributed by atoms with E-state index in [0.717, 1.165) is 12.0 Å². The zero-order chi connectivity index (χ0) is 12.1. The van der Waals surface area contributed by atoms with Gasteiger partial charge in [0.05, 0.1) is 12.0 Å². The topological polar surface area (TPSA) is 35.8 Å². The summed E-state index contributed by atoms with van der Waals surface area (Å²) in [4.78, 5) is 6.06. The minimum Gasteiger partial charge on any atom is -0.508 e. The summed E-state index contributed by atoms with van der Waals surface area (Å²) in [5, 5.41) is 9.52. The molecule has 4 heteroatoms. The van der Waals surface area contributed by atoms with Crippen molar-refractivity contribution >= 4 is 12.0 Å². The van der Waals surface area contributed by atoms with E-state index in [0.29, 0.717) is 5.69 Å². The normalized spacial score (nSPS) is 11.0. The third-order valence-corrected chi connectivity index (χ3v) is 2.23. The van der Waals surface area contributed by atoms with Gasteiger partial charge in [0.25, 0.3) is 0 Å². The predicted molar refractivity (Wildman–Crippen MR) is 64.1 cm³/mol. The molecule has 1 N–H and O–H groups in total. The minimum atomic E-state index is -0.680. The van der Waals surface area contributed by atoms with Crippen molar-refractivity contribution in [3.8, 4) is 5.75 Å². The zero-order valence-corrected chi connectivity index (χ0v) is 9.87. The third kappa shape index (κ3) is 2.95. The van der Waals surface area contributed by atoms with Crippen LogP contribution in [0, 0.1) is 0 Å². The number of aromatic hydroxyl groups is 1. The van der Waals surface area contributed by atoms with Gasteiger partial charge in [-0.15, -0.1) is 0 Å². The third-order valence-electron chi connectivity index (χ3n) is 2.23. The summed E-state index contributed by atoms with van der Waals surface area (Å²) in [5.74, 6) is 0.00292. The lowest BCUT2D eigenvalue weighted by atomic mass is 10.1. The summed E-state index contributed by atoms with van der Waals surface area (Å²) in [7, 11) is 3.73. The van der Waals surface area contributed by atoms with Crippen LogP contribution >= 0.6 is 0 Å². The average Bonchev–Trinajstić information content (AvgIpc) is 2.26. The lowest BCUT2D eigenvalue weighted by Gasteiger charge is -2.09. The average molecular weight is 224 g/mol. The molecule has 1 aromatic carbocycles. The maximum Gasteiger partial charge on any atom is 0.121 e. The van der Waals surface area contributed by atoms with Crippen LogP contribution in [0.2, 0.25) is 0 Å². The molecule has 0 aliphatic heterocycles. The Kier molecular flexibility index (Phi) is 4.28. The first-order chi connectivity index (χ1) is 7.58. The van der Waals surface area contributed by atoms with Gasteiger partial charge < -0.3 is 10.0 Å². The van der Waals surface area contributed by atoms with Crippen molar-refractivity contribution in [2.45, 2.75) is 20.0 Å². The maximum atomic E-state index is 12.6. The quantitative estimate of drug-likeness (QED) is 0.630. The number of phenols is 1. The van der Waals surface area contributed by atoms with Gasteiger partial charge in [-0.2, -0.15) is 0 Å². The fourth-order valence-corrected chi connectivity index (χ4v) is 1.35. The second-order valence-electron chi connectivity index (χ2n) is 3.80. The minimum absolute atomic E-state index is 0.00292. The fourth-order valence-electron chi connectivity index (χ4n) is 1.35. The molecule has 1 aromatic rings. The SMILES string of the molecule is CCc1cc(O)c(CF)cc1N=CN(C)C. The number of halogens is 1. The van der Waals surface area contributed by atoms with Gasteiger partial charge in [-0.25, -0.2) is 9.38 Å². The first-order valence-corrected chi connectivity index (χ1v) is 5.19. The van der Waals surface area contributed by atoms with Crippen molar-refractivity contribution in [1.82, 2.24) is 4.90 Å². The molecule has 0 spiro atoms. The Hall–Kier alpha value is -1.58. The Morgan fingerprint density at radius 1 is 1.38 bits per heavy atom. The molecule has 0 heterocycles. The van der Waals surface area contributed by atoms with Gasteiger partial charge in [-0.05, 0) is 24.1 Å². The van der Waals surface area contributed by atoms with E-state index in [1.54, 1.807) is 23.4 Å². The number of aryl methyl sites for hydroxylation is 1. The molecular weight excluding hydrogens is 207 g/mol. The Morgan fingerprint density at radius 3 is 2.56 bits per heavy atom. The molecule has 1 rings (SSSR count). The number of nitrogens with zero attached hydrogens (tertiary/aromatic N) is 2. The van der Waals surface area contributed by atoms with Crippen LogP contribution in [-0.2, 0) is 13.1 Å². The monoisotopic (exact) mass is 224 g/mol. The van der Waals surface area contributed by atoms with E-state index in [4.69, 9.17) is 0 Å². The van der Waals surface area contributed by atoms with Crippen LogP contribution in [-0.4, -0.2) is 30.4 Å². The van der Waals surface area contributed by atoms with Crippen LogP contribution < -0.4 is 0 Å². The van der Waals surface area contributed by atoms with E-state index in [9.17, 15) is 9.50 Å². The molecule has 0 aliphatic rings. The molecule has 0 radical (unpaired) electrons. The molecule has 3 nitrogen and oxygen atoms in total. The van der Waals surface area contributed by atoms with Gasteiger partial charge in [0.2, 0.25) is 0 Å². The first-order valence-electron chi connectivity index (χ1n) is 5.19. The van der Waals surface area contributed by atoms with Crippen LogP contribution in [0.3, 0.4) is 0 Å². The smallest absolute Gasteiger partial charge is 0.121 e. The molecular formula is C12H17FN2O. The number of rotatable bonds is 4. The van der Waals surface area contributed by atoms with E-state index in [2.05, 4.69) is 4.99 Å². The zero-order valence-electron chi connectivity index (χ0n) is 9.87. The molecule has 0 fully saturated rings. The molecule has 88 valence electrons. The van der Waals surface area contributed by atoms with Gasteiger partial charge in [-0.3, -0.25) is 0 Å². The van der Waals surface area contributed by atoms with Crippen LogP contribution in [0.5, 0.6) is 5.75 Å². The Labute approximate surface area is 95.2 Å². The van der Waals surface area contributed by atoms with Crippen LogP contribution in [0.15, 0.2) is 17.1 Å². The highest BCUT2D eigenvalue weighted by molar-refractivity contribution is 5.64. The van der Waals surface area contributed by atoms with E-state index >= 15 is 0 Å². The molecule has 0 unspecified atom stereocenters. The number of aliphatic imine (C=N–C) groups is 1. The number of phenolic OH excluding ortho intramolecular Hbond substituents is 1. The molecule has 0 saturated carbocycles. The summed E-state index contributed by atoms with van der Waals surface area (Å²) in [6, 6.07) is 3.17. The first kappa shape index (κ1) is 12.5. The van der Waals surface area contributed by atoms with Gasteiger partial charge in [0.1, 0.15) is 12.4 Å². The summed E-state index contributed by atoms with van der Waals surface area (Å²) < 4.78 is 12.6. The molecule has 16 heavy (non-hydrogen) atoms. The van der Waals surface area contributed by atoms with Crippen molar-refractivity contribution in [1.29, 1.82) is 0 Å². The summed E-state index contributed by atoms with van der Waals surface area (Å²) >= 11 is 0. The second-order valence-corrected chi connectivity index (χ2v) is 3.80.